The molecule has 0 aliphatic carbocycles. The van der Waals surface area contributed by atoms with Gasteiger partial charge in [-0.3, -0.25) is 14.4 Å². The van der Waals surface area contributed by atoms with E-state index in [4.69, 9.17) is 14.2 Å². The predicted molar refractivity (Wildman–Crippen MR) is 270 cm³/mol. The van der Waals surface area contributed by atoms with Crippen LogP contribution in [0.1, 0.15) is 290 Å². The molecule has 0 radical (unpaired) electrons. The number of hydrogen-bond donors (Lipinski definition) is 0. The van der Waals surface area contributed by atoms with Crippen molar-refractivity contribution in [2.75, 3.05) is 13.2 Å². The van der Waals surface area contributed by atoms with Gasteiger partial charge in [0.05, 0.1) is 0 Å². The van der Waals surface area contributed by atoms with Gasteiger partial charge in [-0.1, -0.05) is 256 Å². The third-order valence-electron chi connectivity index (χ3n) is 12.1. The number of carbonyl (C=O) groups is 3. The Labute approximate surface area is 391 Å². The topological polar surface area (TPSA) is 78.9 Å². The van der Waals surface area contributed by atoms with Gasteiger partial charge in [-0.2, -0.15) is 0 Å². The van der Waals surface area contributed by atoms with Gasteiger partial charge < -0.3 is 14.2 Å². The molecule has 0 rings (SSSR count). The largest absolute Gasteiger partial charge is 0.462 e. The Hall–Kier alpha value is -2.37. The van der Waals surface area contributed by atoms with Crippen LogP contribution >= 0.6 is 0 Å². The lowest BCUT2D eigenvalue weighted by molar-refractivity contribution is -0.167. The first kappa shape index (κ1) is 60.6. The van der Waals surface area contributed by atoms with Crippen LogP contribution in [0.4, 0.5) is 0 Å². The lowest BCUT2D eigenvalue weighted by atomic mass is 10.0. The molecule has 0 saturated heterocycles. The molecule has 0 aliphatic heterocycles. The van der Waals surface area contributed by atoms with E-state index in [2.05, 4.69) is 57.2 Å². The predicted octanol–water partition coefficient (Wildman–Crippen LogP) is 18.1. The minimum Gasteiger partial charge on any atom is -0.462 e. The summed E-state index contributed by atoms with van der Waals surface area (Å²) >= 11 is 0. The van der Waals surface area contributed by atoms with Crippen molar-refractivity contribution in [1.82, 2.24) is 0 Å². The normalized spacial score (nSPS) is 12.2. The zero-order valence-electron chi connectivity index (χ0n) is 42.1. The highest BCUT2D eigenvalue weighted by Crippen LogP contribution is 2.16. The van der Waals surface area contributed by atoms with Crippen LogP contribution in [0.5, 0.6) is 0 Å². The van der Waals surface area contributed by atoms with E-state index in [0.717, 1.165) is 57.8 Å². The molecule has 0 aliphatic rings. The van der Waals surface area contributed by atoms with E-state index < -0.39 is 6.10 Å². The Kier molecular flexibility index (Phi) is 50.3. The van der Waals surface area contributed by atoms with E-state index in [1.165, 1.54) is 186 Å². The van der Waals surface area contributed by atoms with Crippen LogP contribution in [0.3, 0.4) is 0 Å². The number of esters is 3. The molecule has 0 aromatic heterocycles. The molecule has 0 aromatic carbocycles. The number of ether oxygens (including phenoxy) is 3. The number of rotatable bonds is 50. The van der Waals surface area contributed by atoms with Crippen LogP contribution < -0.4 is 0 Å². The maximum absolute atomic E-state index is 12.8. The SMILES string of the molecule is CCCCCCCC/C=C\C/C=C\C/C=C\CCCC(=O)OCC(COC(=O)CCCCCCCCCCCCCCC)OC(=O)CCCCCCCCCCCCCCCCC. The van der Waals surface area contributed by atoms with Crippen LogP contribution in [0.25, 0.3) is 0 Å². The molecule has 0 saturated carbocycles. The van der Waals surface area contributed by atoms with Gasteiger partial charge in [-0.05, 0) is 51.4 Å². The summed E-state index contributed by atoms with van der Waals surface area (Å²) in [7, 11) is 0. The highest BCUT2D eigenvalue weighted by atomic mass is 16.6. The molecule has 1 atom stereocenters. The van der Waals surface area contributed by atoms with Crippen LogP contribution in [0, 0.1) is 0 Å². The lowest BCUT2D eigenvalue weighted by Gasteiger charge is -2.18. The van der Waals surface area contributed by atoms with Crippen LogP contribution in [0.15, 0.2) is 36.5 Å². The van der Waals surface area contributed by atoms with Crippen molar-refractivity contribution in [3.8, 4) is 0 Å². The third-order valence-corrected chi connectivity index (χ3v) is 12.1. The molecule has 0 heterocycles. The van der Waals surface area contributed by atoms with Gasteiger partial charge in [0.2, 0.25) is 0 Å². The van der Waals surface area contributed by atoms with Gasteiger partial charge in [0.1, 0.15) is 13.2 Å². The standard InChI is InChI=1S/C57H104O6/c1-4-7-10-13-16-19-22-25-27-28-30-32-35-38-41-44-47-50-56(59)62-53-54(52-61-55(58)49-46-43-40-37-34-31-24-21-18-15-12-9-6-3)63-57(60)51-48-45-42-39-36-33-29-26-23-20-17-14-11-8-5-2/h25,27,30,32,38,41,54H,4-24,26,28-29,31,33-37,39-40,42-53H2,1-3H3/b27-25-,32-30-,41-38-. The average molecular weight is 885 g/mol. The van der Waals surface area contributed by atoms with Gasteiger partial charge in [-0.15, -0.1) is 0 Å². The zero-order chi connectivity index (χ0) is 45.8. The number of carbonyl (C=O) groups excluding carboxylic acids is 3. The summed E-state index contributed by atoms with van der Waals surface area (Å²) in [6.07, 6.45) is 61.3. The highest BCUT2D eigenvalue weighted by Gasteiger charge is 2.19. The molecule has 0 spiro atoms. The summed E-state index contributed by atoms with van der Waals surface area (Å²) in [5.41, 5.74) is 0. The van der Waals surface area contributed by atoms with E-state index in [1.807, 2.05) is 0 Å². The number of unbranched alkanes of at least 4 members (excludes halogenated alkanes) is 33. The molecule has 0 fully saturated rings. The summed E-state index contributed by atoms with van der Waals surface area (Å²) in [6.45, 7) is 6.62. The first-order valence-electron chi connectivity index (χ1n) is 27.5. The zero-order valence-corrected chi connectivity index (χ0v) is 42.1. The fourth-order valence-corrected chi connectivity index (χ4v) is 7.99. The van der Waals surface area contributed by atoms with Gasteiger partial charge in [0.15, 0.2) is 6.10 Å². The maximum Gasteiger partial charge on any atom is 0.306 e. The van der Waals surface area contributed by atoms with Crippen molar-refractivity contribution in [1.29, 1.82) is 0 Å². The van der Waals surface area contributed by atoms with Crippen molar-refractivity contribution < 1.29 is 28.6 Å². The monoisotopic (exact) mass is 885 g/mol. The van der Waals surface area contributed by atoms with Crippen molar-refractivity contribution in [3.63, 3.8) is 0 Å². The molecule has 6 heteroatoms. The molecule has 0 amide bonds. The van der Waals surface area contributed by atoms with Crippen molar-refractivity contribution in [2.45, 2.75) is 297 Å². The first-order valence-corrected chi connectivity index (χ1v) is 27.5. The summed E-state index contributed by atoms with van der Waals surface area (Å²) in [6, 6.07) is 0. The maximum atomic E-state index is 12.8. The Bertz CT molecular complexity index is 1060. The van der Waals surface area contributed by atoms with Gasteiger partial charge >= 0.3 is 17.9 Å². The van der Waals surface area contributed by atoms with E-state index in [-0.39, 0.29) is 31.1 Å². The highest BCUT2D eigenvalue weighted by molar-refractivity contribution is 5.71. The smallest absolute Gasteiger partial charge is 0.306 e. The Morgan fingerprint density at radius 3 is 0.952 bits per heavy atom. The Balaban J connectivity index is 4.41. The Morgan fingerprint density at radius 1 is 0.317 bits per heavy atom. The van der Waals surface area contributed by atoms with Crippen molar-refractivity contribution in [3.05, 3.63) is 36.5 Å². The van der Waals surface area contributed by atoms with Crippen molar-refractivity contribution in [2.24, 2.45) is 0 Å². The molecule has 63 heavy (non-hydrogen) atoms. The number of hydrogen-bond acceptors (Lipinski definition) is 6. The fourth-order valence-electron chi connectivity index (χ4n) is 7.99. The second-order valence-corrected chi connectivity index (χ2v) is 18.5. The molecule has 368 valence electrons. The fraction of sp³-hybridized carbons (Fsp3) is 0.842. The number of allylic oxidation sites excluding steroid dienone is 6. The van der Waals surface area contributed by atoms with Gasteiger partial charge in [0.25, 0.3) is 0 Å². The van der Waals surface area contributed by atoms with Gasteiger partial charge in [0, 0.05) is 19.3 Å². The molecular weight excluding hydrogens is 781 g/mol. The van der Waals surface area contributed by atoms with E-state index in [9.17, 15) is 14.4 Å². The molecule has 1 unspecified atom stereocenters. The van der Waals surface area contributed by atoms with Crippen LogP contribution in [-0.2, 0) is 28.6 Å². The summed E-state index contributed by atoms with van der Waals surface area (Å²) in [4.78, 5) is 38.0. The second kappa shape index (κ2) is 52.3. The van der Waals surface area contributed by atoms with E-state index in [1.54, 1.807) is 0 Å². The van der Waals surface area contributed by atoms with Crippen molar-refractivity contribution >= 4 is 17.9 Å². The van der Waals surface area contributed by atoms with E-state index in [0.29, 0.717) is 25.7 Å². The third kappa shape index (κ3) is 50.5. The molecule has 0 aromatic rings. The van der Waals surface area contributed by atoms with E-state index >= 15 is 0 Å². The summed E-state index contributed by atoms with van der Waals surface area (Å²) < 4.78 is 16.8. The lowest BCUT2D eigenvalue weighted by Crippen LogP contribution is -2.30. The van der Waals surface area contributed by atoms with Gasteiger partial charge in [-0.25, -0.2) is 0 Å². The van der Waals surface area contributed by atoms with Crippen LogP contribution in [0.2, 0.25) is 0 Å². The minimum atomic E-state index is -0.787. The minimum absolute atomic E-state index is 0.0830. The second-order valence-electron chi connectivity index (χ2n) is 18.5. The quantitative estimate of drug-likeness (QED) is 0.0262. The first-order chi connectivity index (χ1) is 31.0. The Morgan fingerprint density at radius 2 is 0.587 bits per heavy atom. The molecule has 6 nitrogen and oxygen atoms in total. The molecule has 0 N–H and O–H groups in total. The summed E-state index contributed by atoms with van der Waals surface area (Å²) in [5.74, 6) is -0.922. The molecule has 0 bridgehead atoms. The molecular formula is C57H104O6. The average Bonchev–Trinajstić information content (AvgIpc) is 3.28. The summed E-state index contributed by atoms with van der Waals surface area (Å²) in [5, 5.41) is 0. The van der Waals surface area contributed by atoms with Crippen LogP contribution in [-0.4, -0.2) is 37.2 Å².